The van der Waals surface area contributed by atoms with Gasteiger partial charge in [-0.05, 0) is 32.6 Å². The maximum Gasteiger partial charge on any atom is 0.246 e. The third-order valence-corrected chi connectivity index (χ3v) is 3.33. The van der Waals surface area contributed by atoms with E-state index in [0.717, 1.165) is 32.3 Å². The molecule has 1 atom stereocenters. The molecule has 1 saturated heterocycles. The molecule has 2 heterocycles. The molecule has 2 N–H and O–H groups in total. The van der Waals surface area contributed by atoms with Gasteiger partial charge in [-0.15, -0.1) is 0 Å². The van der Waals surface area contributed by atoms with Gasteiger partial charge in [-0.25, -0.2) is 0 Å². The Morgan fingerprint density at radius 1 is 1.33 bits per heavy atom. The summed E-state index contributed by atoms with van der Waals surface area (Å²) in [7, 11) is 0. The topological polar surface area (TPSA) is 74.2 Å². The van der Waals surface area contributed by atoms with Gasteiger partial charge in [0.1, 0.15) is 5.60 Å². The smallest absolute Gasteiger partial charge is 0.246 e. The summed E-state index contributed by atoms with van der Waals surface area (Å²) in [5, 5.41) is 3.99. The summed E-state index contributed by atoms with van der Waals surface area (Å²) >= 11 is 0. The molecule has 0 aromatic carbocycles. The largest absolute Gasteiger partial charge is 0.367 e. The van der Waals surface area contributed by atoms with Gasteiger partial charge in [-0.1, -0.05) is 5.16 Å². The van der Waals surface area contributed by atoms with Crippen molar-refractivity contribution < 1.29 is 9.26 Å². The number of hydrogen-bond acceptors (Lipinski definition) is 5. The lowest BCUT2D eigenvalue weighted by Gasteiger charge is -2.17. The highest BCUT2D eigenvalue weighted by molar-refractivity contribution is 5.13. The van der Waals surface area contributed by atoms with Gasteiger partial charge in [0.05, 0.1) is 5.54 Å². The van der Waals surface area contributed by atoms with E-state index in [9.17, 15) is 0 Å². The minimum atomic E-state index is -0.368. The highest BCUT2D eigenvalue weighted by atomic mass is 16.5. The second kappa shape index (κ2) is 2.80. The van der Waals surface area contributed by atoms with Crippen LogP contribution in [-0.2, 0) is 15.9 Å². The first-order chi connectivity index (χ1) is 7.12. The molecule has 2 fully saturated rings. The zero-order valence-corrected chi connectivity index (χ0v) is 8.82. The van der Waals surface area contributed by atoms with Crippen LogP contribution in [0.5, 0.6) is 0 Å². The third-order valence-electron chi connectivity index (χ3n) is 3.33. The average molecular weight is 209 g/mol. The summed E-state index contributed by atoms with van der Waals surface area (Å²) in [5.74, 6) is 1.21. The number of ether oxygens (including phenoxy) is 1. The lowest BCUT2D eigenvalue weighted by atomic mass is 10.0. The fourth-order valence-corrected chi connectivity index (χ4v) is 1.94. The van der Waals surface area contributed by atoms with Gasteiger partial charge in [0.2, 0.25) is 11.7 Å². The Morgan fingerprint density at radius 2 is 2.13 bits per heavy atom. The van der Waals surface area contributed by atoms with E-state index in [1.54, 1.807) is 0 Å². The SMILES string of the molecule is CC1(c2noc(C3(N)CC3)n2)CCCO1. The van der Waals surface area contributed by atoms with E-state index in [1.165, 1.54) is 0 Å². The van der Waals surface area contributed by atoms with Crippen molar-refractivity contribution >= 4 is 0 Å². The highest BCUT2D eigenvalue weighted by Gasteiger charge is 2.47. The van der Waals surface area contributed by atoms with E-state index < -0.39 is 0 Å². The van der Waals surface area contributed by atoms with E-state index in [-0.39, 0.29) is 11.1 Å². The summed E-state index contributed by atoms with van der Waals surface area (Å²) < 4.78 is 10.9. The summed E-state index contributed by atoms with van der Waals surface area (Å²) in [6.07, 6.45) is 3.87. The Hall–Kier alpha value is -0.940. The van der Waals surface area contributed by atoms with Crippen LogP contribution >= 0.6 is 0 Å². The van der Waals surface area contributed by atoms with Crippen LogP contribution in [0.4, 0.5) is 0 Å². The number of nitrogens with two attached hydrogens (primary N) is 1. The molecule has 1 saturated carbocycles. The lowest BCUT2D eigenvalue weighted by Crippen LogP contribution is -2.23. The zero-order valence-electron chi connectivity index (χ0n) is 8.82. The van der Waals surface area contributed by atoms with Crippen molar-refractivity contribution in [3.05, 3.63) is 11.7 Å². The average Bonchev–Trinajstić information content (AvgIpc) is 2.74. The maximum atomic E-state index is 5.99. The molecule has 2 aliphatic rings. The van der Waals surface area contributed by atoms with Crippen molar-refractivity contribution in [2.24, 2.45) is 5.73 Å². The Balaban J connectivity index is 1.90. The number of nitrogens with zero attached hydrogens (tertiary/aromatic N) is 2. The second-order valence-electron chi connectivity index (χ2n) is 4.76. The molecule has 1 unspecified atom stereocenters. The van der Waals surface area contributed by atoms with E-state index >= 15 is 0 Å². The highest BCUT2D eigenvalue weighted by Crippen LogP contribution is 2.43. The minimum Gasteiger partial charge on any atom is -0.367 e. The van der Waals surface area contributed by atoms with Crippen molar-refractivity contribution in [1.29, 1.82) is 0 Å². The molecular weight excluding hydrogens is 194 g/mol. The quantitative estimate of drug-likeness (QED) is 0.787. The van der Waals surface area contributed by atoms with E-state index in [2.05, 4.69) is 10.1 Å². The molecule has 3 rings (SSSR count). The fourth-order valence-electron chi connectivity index (χ4n) is 1.94. The molecule has 0 amide bonds. The lowest BCUT2D eigenvalue weighted by molar-refractivity contribution is 0.00768. The van der Waals surface area contributed by atoms with Gasteiger partial charge in [-0.3, -0.25) is 0 Å². The van der Waals surface area contributed by atoms with Crippen molar-refractivity contribution in [2.75, 3.05) is 6.61 Å². The first-order valence-electron chi connectivity index (χ1n) is 5.40. The Morgan fingerprint density at radius 3 is 2.73 bits per heavy atom. The molecule has 5 heteroatoms. The van der Waals surface area contributed by atoms with Crippen LogP contribution in [0.1, 0.15) is 44.3 Å². The summed E-state index contributed by atoms with van der Waals surface area (Å²) in [6, 6.07) is 0. The Bertz CT molecular complexity index is 378. The van der Waals surface area contributed by atoms with Crippen LogP contribution in [0.15, 0.2) is 4.52 Å². The van der Waals surface area contributed by atoms with Crippen LogP contribution in [0.25, 0.3) is 0 Å². The molecule has 0 radical (unpaired) electrons. The van der Waals surface area contributed by atoms with E-state index in [0.29, 0.717) is 11.7 Å². The zero-order chi connectivity index (χ0) is 10.5. The fraction of sp³-hybridized carbons (Fsp3) is 0.800. The molecule has 5 nitrogen and oxygen atoms in total. The van der Waals surface area contributed by atoms with Crippen molar-refractivity contribution in [2.45, 2.75) is 43.7 Å². The molecule has 1 aromatic rings. The summed E-state index contributed by atoms with van der Waals surface area (Å²) in [6.45, 7) is 2.78. The van der Waals surface area contributed by atoms with E-state index in [1.807, 2.05) is 6.92 Å². The van der Waals surface area contributed by atoms with Gasteiger partial charge >= 0.3 is 0 Å². The van der Waals surface area contributed by atoms with Crippen LogP contribution < -0.4 is 5.73 Å². The molecular formula is C10H15N3O2. The van der Waals surface area contributed by atoms with Gasteiger partial charge in [0.15, 0.2) is 0 Å². The second-order valence-corrected chi connectivity index (χ2v) is 4.76. The Labute approximate surface area is 88.0 Å². The minimum absolute atomic E-state index is 0.347. The molecule has 0 bridgehead atoms. The molecule has 82 valence electrons. The van der Waals surface area contributed by atoms with Crippen LogP contribution in [0, 0.1) is 0 Å². The van der Waals surface area contributed by atoms with E-state index in [4.69, 9.17) is 15.0 Å². The predicted octanol–water partition coefficient (Wildman–Crippen LogP) is 1.04. The van der Waals surface area contributed by atoms with Crippen molar-refractivity contribution in [3.8, 4) is 0 Å². The summed E-state index contributed by atoms with van der Waals surface area (Å²) in [4.78, 5) is 4.37. The molecule has 1 aliphatic carbocycles. The monoisotopic (exact) mass is 209 g/mol. The molecule has 1 aromatic heterocycles. The van der Waals surface area contributed by atoms with Gasteiger partial charge < -0.3 is 15.0 Å². The maximum absolute atomic E-state index is 5.99. The third kappa shape index (κ3) is 1.38. The number of hydrogen-bond donors (Lipinski definition) is 1. The van der Waals surface area contributed by atoms with Crippen molar-refractivity contribution in [3.63, 3.8) is 0 Å². The molecule has 0 spiro atoms. The van der Waals surface area contributed by atoms with Gasteiger partial charge in [0, 0.05) is 6.61 Å². The van der Waals surface area contributed by atoms with Crippen LogP contribution in [0.2, 0.25) is 0 Å². The van der Waals surface area contributed by atoms with Gasteiger partial charge in [0.25, 0.3) is 0 Å². The van der Waals surface area contributed by atoms with Crippen LogP contribution in [-0.4, -0.2) is 16.7 Å². The molecule has 1 aliphatic heterocycles. The predicted molar refractivity (Wildman–Crippen MR) is 51.9 cm³/mol. The van der Waals surface area contributed by atoms with Crippen LogP contribution in [0.3, 0.4) is 0 Å². The Kier molecular flexibility index (Phi) is 1.73. The summed E-state index contributed by atoms with van der Waals surface area (Å²) in [5.41, 5.74) is 5.27. The first kappa shape index (κ1) is 9.30. The standard InChI is InChI=1S/C10H15N3O2/c1-9(3-2-6-14-9)7-12-8(15-13-7)10(11)4-5-10/h2-6,11H2,1H3. The normalized spacial score (nSPS) is 33.2. The number of rotatable bonds is 2. The number of aromatic nitrogens is 2. The first-order valence-corrected chi connectivity index (χ1v) is 5.40. The van der Waals surface area contributed by atoms with Gasteiger partial charge in [-0.2, -0.15) is 4.98 Å². The van der Waals surface area contributed by atoms with Crippen molar-refractivity contribution in [1.82, 2.24) is 10.1 Å². The molecule has 15 heavy (non-hydrogen) atoms.